The van der Waals surface area contributed by atoms with E-state index in [0.717, 1.165) is 12.8 Å². The van der Waals surface area contributed by atoms with Gasteiger partial charge in [0, 0.05) is 11.8 Å². The van der Waals surface area contributed by atoms with Gasteiger partial charge in [-0.2, -0.15) is 0 Å². The second-order valence-electron chi connectivity index (χ2n) is 5.51. The van der Waals surface area contributed by atoms with E-state index in [1.807, 2.05) is 20.8 Å². The van der Waals surface area contributed by atoms with Crippen LogP contribution in [-0.2, 0) is 9.47 Å². The molecule has 0 saturated carbocycles. The number of rotatable bonds is 2. The molecule has 1 N–H and O–H groups in total. The zero-order valence-electron chi connectivity index (χ0n) is 12.4. The van der Waals surface area contributed by atoms with E-state index < -0.39 is 18.6 Å². The predicted octanol–water partition coefficient (Wildman–Crippen LogP) is 3.58. The first-order valence-electron chi connectivity index (χ1n) is 7.24. The minimum atomic E-state index is -1.20. The van der Waals surface area contributed by atoms with Crippen molar-refractivity contribution < 1.29 is 23.4 Å². The topological polar surface area (TPSA) is 38.7 Å². The van der Waals surface area contributed by atoms with Crippen LogP contribution in [-0.4, -0.2) is 41.0 Å². The summed E-state index contributed by atoms with van der Waals surface area (Å²) in [5.41, 5.74) is 0. The molecule has 2 rings (SSSR count). The van der Waals surface area contributed by atoms with E-state index in [0.29, 0.717) is 0 Å². The summed E-state index contributed by atoms with van der Waals surface area (Å²) in [5, 5.41) is 8.49. The van der Waals surface area contributed by atoms with Gasteiger partial charge in [-0.3, -0.25) is 0 Å². The van der Waals surface area contributed by atoms with Gasteiger partial charge in [0.1, 0.15) is 11.2 Å². The monoisotopic (exact) mass is 358 g/mol. The predicted molar refractivity (Wildman–Crippen MR) is 77.2 cm³/mol. The minimum absolute atomic E-state index is 0.0365. The van der Waals surface area contributed by atoms with Crippen LogP contribution in [0.1, 0.15) is 40.5 Å². The Balaban J connectivity index is 0.000000200. The number of ether oxygens (including phenoxy) is 2. The third kappa shape index (κ3) is 4.12. The summed E-state index contributed by atoms with van der Waals surface area (Å²) < 4.78 is 35.9. The lowest BCUT2D eigenvalue weighted by atomic mass is 10.0. The molecule has 120 valence electrons. The maximum Gasteiger partial charge on any atom is 0.186 e. The standard InChI is InChI=1S/C7H12BrFO.C7H13FO2/c1-3-5-4(2)6(9)7(8)10-5;1-3-5-4(2)6(8)7(9)10-5/h4-7H,3H2,1-2H3;4-7,9H,3H2,1-2H3/t2*4-,5-,6+,7?/m11/s1. The van der Waals surface area contributed by atoms with Gasteiger partial charge >= 0.3 is 0 Å². The summed E-state index contributed by atoms with van der Waals surface area (Å²) in [4.78, 5) is 0. The van der Waals surface area contributed by atoms with Crippen molar-refractivity contribution in [2.75, 3.05) is 0 Å². The van der Waals surface area contributed by atoms with E-state index in [-0.39, 0.29) is 29.1 Å². The van der Waals surface area contributed by atoms with Crippen molar-refractivity contribution in [3.05, 3.63) is 0 Å². The van der Waals surface area contributed by atoms with Crippen molar-refractivity contribution in [1.29, 1.82) is 0 Å². The number of aliphatic hydroxyl groups is 1. The fourth-order valence-corrected chi connectivity index (χ4v) is 3.35. The lowest BCUT2D eigenvalue weighted by molar-refractivity contribution is -0.112. The number of halogens is 3. The zero-order valence-corrected chi connectivity index (χ0v) is 14.0. The van der Waals surface area contributed by atoms with Gasteiger partial charge in [0.2, 0.25) is 0 Å². The first-order valence-corrected chi connectivity index (χ1v) is 8.16. The van der Waals surface area contributed by atoms with Crippen molar-refractivity contribution in [1.82, 2.24) is 0 Å². The lowest BCUT2D eigenvalue weighted by Gasteiger charge is -2.10. The fourth-order valence-electron chi connectivity index (χ4n) is 2.59. The van der Waals surface area contributed by atoms with E-state index in [4.69, 9.17) is 14.6 Å². The van der Waals surface area contributed by atoms with Crippen molar-refractivity contribution in [2.45, 2.75) is 76.4 Å². The number of hydrogen-bond donors (Lipinski definition) is 1. The van der Waals surface area contributed by atoms with Crippen LogP contribution in [0.25, 0.3) is 0 Å². The van der Waals surface area contributed by atoms with Gasteiger partial charge in [-0.25, -0.2) is 8.78 Å². The van der Waals surface area contributed by atoms with Gasteiger partial charge in [-0.05, 0) is 12.8 Å². The van der Waals surface area contributed by atoms with Crippen LogP contribution in [0.5, 0.6) is 0 Å². The van der Waals surface area contributed by atoms with Crippen LogP contribution in [0.3, 0.4) is 0 Å². The molecule has 8 atom stereocenters. The smallest absolute Gasteiger partial charge is 0.186 e. The average molecular weight is 359 g/mol. The van der Waals surface area contributed by atoms with Crippen molar-refractivity contribution >= 4 is 15.9 Å². The average Bonchev–Trinajstić information content (AvgIpc) is 2.84. The van der Waals surface area contributed by atoms with E-state index in [9.17, 15) is 8.78 Å². The van der Waals surface area contributed by atoms with E-state index in [1.165, 1.54) is 0 Å². The van der Waals surface area contributed by atoms with Crippen molar-refractivity contribution in [2.24, 2.45) is 11.8 Å². The Morgan fingerprint density at radius 1 is 0.950 bits per heavy atom. The fraction of sp³-hybridized carbons (Fsp3) is 1.00. The summed E-state index contributed by atoms with van der Waals surface area (Å²) in [6.45, 7) is 7.58. The van der Waals surface area contributed by atoms with E-state index >= 15 is 0 Å². The molecule has 6 heteroatoms. The molecular formula is C14H25BrF2O3. The second-order valence-corrected chi connectivity index (χ2v) is 6.42. The maximum absolute atomic E-state index is 13.0. The SMILES string of the molecule is CC[C@H]1OC(Br)[C@@H](F)[C@@H]1C.CC[C@H]1OC(O)[C@@H](F)[C@@H]1C. The lowest BCUT2D eigenvalue weighted by Crippen LogP contribution is -2.20. The van der Waals surface area contributed by atoms with Gasteiger partial charge in [-0.15, -0.1) is 0 Å². The van der Waals surface area contributed by atoms with Gasteiger partial charge < -0.3 is 14.6 Å². The molecule has 2 fully saturated rings. The van der Waals surface area contributed by atoms with Crippen LogP contribution >= 0.6 is 15.9 Å². The third-order valence-corrected chi connectivity index (χ3v) is 4.84. The largest absolute Gasteiger partial charge is 0.366 e. The van der Waals surface area contributed by atoms with Crippen molar-refractivity contribution in [3.63, 3.8) is 0 Å². The Morgan fingerprint density at radius 3 is 1.60 bits per heavy atom. The molecule has 2 saturated heterocycles. The highest BCUT2D eigenvalue weighted by Crippen LogP contribution is 2.33. The molecule has 0 aromatic carbocycles. The molecule has 0 spiro atoms. The first-order chi connectivity index (χ1) is 9.33. The molecule has 0 radical (unpaired) electrons. The number of alkyl halides is 3. The summed E-state index contributed by atoms with van der Waals surface area (Å²) >= 11 is 3.13. The molecule has 3 nitrogen and oxygen atoms in total. The summed E-state index contributed by atoms with van der Waals surface area (Å²) in [6.07, 6.45) is -1.60. The maximum atomic E-state index is 13.0. The summed E-state index contributed by atoms with van der Waals surface area (Å²) in [5.74, 6) is -0.130. The Hall–Kier alpha value is 0.220. The quantitative estimate of drug-likeness (QED) is 0.766. The van der Waals surface area contributed by atoms with Crippen molar-refractivity contribution in [3.8, 4) is 0 Å². The number of hydrogen-bond acceptors (Lipinski definition) is 3. The van der Waals surface area contributed by atoms with Gasteiger partial charge in [0.25, 0.3) is 0 Å². The zero-order chi connectivity index (χ0) is 15.4. The van der Waals surface area contributed by atoms with E-state index in [1.54, 1.807) is 6.92 Å². The Kier molecular flexibility index (Phi) is 7.32. The van der Waals surface area contributed by atoms with Crippen LogP contribution in [0.2, 0.25) is 0 Å². The van der Waals surface area contributed by atoms with Crippen LogP contribution in [0, 0.1) is 11.8 Å². The van der Waals surface area contributed by atoms with E-state index in [2.05, 4.69) is 15.9 Å². The highest BCUT2D eigenvalue weighted by Gasteiger charge is 2.40. The molecule has 0 aromatic heterocycles. The Bertz CT molecular complexity index is 268. The molecule has 2 heterocycles. The Labute approximate surface area is 128 Å². The van der Waals surface area contributed by atoms with Crippen LogP contribution in [0.4, 0.5) is 8.78 Å². The molecule has 0 amide bonds. The molecule has 2 aliphatic rings. The molecular weight excluding hydrogens is 334 g/mol. The van der Waals surface area contributed by atoms with Crippen LogP contribution < -0.4 is 0 Å². The molecule has 0 bridgehead atoms. The van der Waals surface area contributed by atoms with Gasteiger partial charge in [0.05, 0.1) is 12.2 Å². The molecule has 0 aromatic rings. The summed E-state index contributed by atoms with van der Waals surface area (Å²) in [6, 6.07) is 0. The Morgan fingerprint density at radius 2 is 1.40 bits per heavy atom. The van der Waals surface area contributed by atoms with Crippen LogP contribution in [0.15, 0.2) is 0 Å². The molecule has 2 unspecified atom stereocenters. The highest BCUT2D eigenvalue weighted by molar-refractivity contribution is 9.09. The van der Waals surface area contributed by atoms with Gasteiger partial charge in [-0.1, -0.05) is 43.6 Å². The second kappa shape index (κ2) is 8.01. The van der Waals surface area contributed by atoms with Gasteiger partial charge in [0.15, 0.2) is 12.5 Å². The first kappa shape index (κ1) is 18.3. The molecule has 0 aliphatic carbocycles. The minimum Gasteiger partial charge on any atom is -0.366 e. The number of aliphatic hydroxyl groups excluding tert-OH is 1. The summed E-state index contributed by atoms with van der Waals surface area (Å²) in [7, 11) is 0. The third-order valence-electron chi connectivity index (χ3n) is 4.12. The molecule has 2 aliphatic heterocycles. The normalized spacial score (nSPS) is 48.0. The highest BCUT2D eigenvalue weighted by atomic mass is 79.9. The molecule has 20 heavy (non-hydrogen) atoms.